The van der Waals surface area contributed by atoms with Gasteiger partial charge in [0.2, 0.25) is 0 Å². The van der Waals surface area contributed by atoms with Crippen molar-refractivity contribution in [2.75, 3.05) is 5.32 Å². The largest absolute Gasteiger partial charge is 0.376 e. The normalized spacial score (nSPS) is 10.7. The number of anilines is 1. The Balaban J connectivity index is 2.06. The summed E-state index contributed by atoms with van der Waals surface area (Å²) in [7, 11) is 1.79. The molecule has 0 fully saturated rings. The zero-order valence-corrected chi connectivity index (χ0v) is 11.3. The molecule has 0 aliphatic carbocycles. The maximum absolute atomic E-state index is 5.42. The molecule has 8 nitrogen and oxygen atoms in total. The van der Waals surface area contributed by atoms with Crippen molar-refractivity contribution in [1.82, 2.24) is 29.9 Å². The summed E-state index contributed by atoms with van der Waals surface area (Å²) in [6, 6.07) is 3.52. The average molecular weight is 286 g/mol. The Morgan fingerprint density at radius 1 is 1.30 bits per heavy atom. The van der Waals surface area contributed by atoms with Gasteiger partial charge in [-0.1, -0.05) is 5.21 Å². The Morgan fingerprint density at radius 2 is 2.15 bits per heavy atom. The predicted octanol–water partition coefficient (Wildman–Crippen LogP) is 0.476. The molecule has 0 saturated heterocycles. The van der Waals surface area contributed by atoms with Crippen molar-refractivity contribution in [3.05, 3.63) is 24.5 Å². The molecule has 0 saturated carbocycles. The fourth-order valence-corrected chi connectivity index (χ4v) is 1.79. The number of thiocarbonyl (C=S) groups is 1. The molecule has 0 bridgehead atoms. The molecule has 0 aliphatic heterocycles. The van der Waals surface area contributed by atoms with Crippen molar-refractivity contribution in [2.45, 2.75) is 0 Å². The lowest BCUT2D eigenvalue weighted by Crippen LogP contribution is -2.19. The Labute approximate surface area is 119 Å². The van der Waals surface area contributed by atoms with Gasteiger partial charge >= 0.3 is 0 Å². The lowest BCUT2D eigenvalue weighted by Gasteiger charge is -2.04. The van der Waals surface area contributed by atoms with Crippen LogP contribution in [0.3, 0.4) is 0 Å². The van der Waals surface area contributed by atoms with E-state index in [2.05, 4.69) is 30.6 Å². The number of pyridine rings is 1. The van der Waals surface area contributed by atoms with Crippen LogP contribution in [0.5, 0.6) is 0 Å². The Morgan fingerprint density at radius 3 is 2.85 bits per heavy atom. The molecule has 0 unspecified atom stereocenters. The molecule has 20 heavy (non-hydrogen) atoms. The van der Waals surface area contributed by atoms with Crippen molar-refractivity contribution in [1.29, 1.82) is 0 Å². The van der Waals surface area contributed by atoms with Crippen molar-refractivity contribution in [3.8, 4) is 11.4 Å². The molecule has 3 aromatic heterocycles. The van der Waals surface area contributed by atoms with E-state index in [9.17, 15) is 0 Å². The number of fused-ring (bicyclic) bond motifs is 1. The first-order valence-electron chi connectivity index (χ1n) is 5.69. The number of hydrogen-bond donors (Lipinski definition) is 2. The first-order valence-corrected chi connectivity index (χ1v) is 6.09. The molecule has 0 aromatic carbocycles. The highest BCUT2D eigenvalue weighted by Gasteiger charge is 2.08. The lowest BCUT2D eigenvalue weighted by atomic mass is 10.3. The third-order valence-corrected chi connectivity index (χ3v) is 2.63. The van der Waals surface area contributed by atoms with Crippen LogP contribution in [0.25, 0.3) is 22.6 Å². The summed E-state index contributed by atoms with van der Waals surface area (Å²) in [6.07, 6.45) is 3.39. The van der Waals surface area contributed by atoms with E-state index >= 15 is 0 Å². The second-order valence-electron chi connectivity index (χ2n) is 4.06. The van der Waals surface area contributed by atoms with Crippen LogP contribution in [-0.2, 0) is 7.05 Å². The first-order chi connectivity index (χ1) is 9.61. The summed E-state index contributed by atoms with van der Waals surface area (Å²) < 4.78 is 1.60. The van der Waals surface area contributed by atoms with Crippen molar-refractivity contribution >= 4 is 34.3 Å². The monoisotopic (exact) mass is 286 g/mol. The molecular weight excluding hydrogens is 276 g/mol. The highest BCUT2D eigenvalue weighted by Crippen LogP contribution is 2.16. The smallest absolute Gasteiger partial charge is 0.180 e. The van der Waals surface area contributed by atoms with Gasteiger partial charge in [0.05, 0.1) is 12.4 Å². The maximum atomic E-state index is 5.42. The van der Waals surface area contributed by atoms with Crippen LogP contribution in [0, 0.1) is 0 Å². The summed E-state index contributed by atoms with van der Waals surface area (Å²) in [5.41, 5.74) is 7.81. The topological polar surface area (TPSA) is 107 Å². The number of aromatic nitrogens is 6. The number of rotatable bonds is 2. The number of aryl methyl sites for hydroxylation is 1. The summed E-state index contributed by atoms with van der Waals surface area (Å²) in [5, 5.41) is 10.8. The number of hydrogen-bond acceptors (Lipinski definition) is 6. The second-order valence-corrected chi connectivity index (χ2v) is 4.50. The lowest BCUT2D eigenvalue weighted by molar-refractivity contribution is 0.715. The third kappa shape index (κ3) is 2.38. The van der Waals surface area contributed by atoms with E-state index in [1.165, 1.54) is 0 Å². The molecule has 9 heteroatoms. The van der Waals surface area contributed by atoms with E-state index in [0.29, 0.717) is 28.4 Å². The van der Waals surface area contributed by atoms with Crippen LogP contribution < -0.4 is 11.1 Å². The minimum absolute atomic E-state index is 0.148. The molecular formula is C11H10N8S. The standard InChI is InChI=1S/C11H10N8S/c1-19-5-8(17-18-19)7-4-13-6-2-3-9(16-11(12)20)15-10(6)14-7/h2-5H,1H3,(H3,12,14,15,16,20). The van der Waals surface area contributed by atoms with Gasteiger partial charge in [-0.05, 0) is 24.4 Å². The molecule has 0 amide bonds. The van der Waals surface area contributed by atoms with Gasteiger partial charge in [-0.2, -0.15) is 0 Å². The van der Waals surface area contributed by atoms with Gasteiger partial charge in [0.1, 0.15) is 22.7 Å². The quantitative estimate of drug-likeness (QED) is 0.655. The van der Waals surface area contributed by atoms with E-state index < -0.39 is 0 Å². The average Bonchev–Trinajstić information content (AvgIpc) is 2.84. The van der Waals surface area contributed by atoms with Crippen LogP contribution in [0.15, 0.2) is 24.5 Å². The molecule has 100 valence electrons. The van der Waals surface area contributed by atoms with Crippen molar-refractivity contribution in [2.24, 2.45) is 12.8 Å². The molecule has 0 radical (unpaired) electrons. The number of nitrogens with one attached hydrogen (secondary N) is 1. The maximum Gasteiger partial charge on any atom is 0.180 e. The minimum Gasteiger partial charge on any atom is -0.376 e. The first kappa shape index (κ1) is 12.4. The summed E-state index contributed by atoms with van der Waals surface area (Å²) in [5.74, 6) is 0.524. The Kier molecular flexibility index (Phi) is 2.95. The minimum atomic E-state index is 0.148. The second kappa shape index (κ2) is 4.78. The third-order valence-electron chi connectivity index (χ3n) is 2.52. The van der Waals surface area contributed by atoms with Crippen LogP contribution in [0.1, 0.15) is 0 Å². The van der Waals surface area contributed by atoms with Crippen LogP contribution >= 0.6 is 12.2 Å². The van der Waals surface area contributed by atoms with Gasteiger partial charge in [-0.15, -0.1) is 5.10 Å². The highest BCUT2D eigenvalue weighted by atomic mass is 32.1. The van der Waals surface area contributed by atoms with Crippen molar-refractivity contribution < 1.29 is 0 Å². The molecule has 3 aromatic rings. The highest BCUT2D eigenvalue weighted by molar-refractivity contribution is 7.80. The van der Waals surface area contributed by atoms with E-state index in [1.54, 1.807) is 36.3 Å². The van der Waals surface area contributed by atoms with Crippen LogP contribution in [0.2, 0.25) is 0 Å². The Bertz CT molecular complexity index is 796. The van der Waals surface area contributed by atoms with Gasteiger partial charge < -0.3 is 11.1 Å². The molecule has 0 spiro atoms. The van der Waals surface area contributed by atoms with Crippen LogP contribution in [0.4, 0.5) is 5.82 Å². The van der Waals surface area contributed by atoms with E-state index in [1.807, 2.05) is 0 Å². The van der Waals surface area contributed by atoms with Gasteiger partial charge in [-0.3, -0.25) is 9.67 Å². The molecule has 3 rings (SSSR count). The van der Waals surface area contributed by atoms with E-state index in [-0.39, 0.29) is 5.11 Å². The fraction of sp³-hybridized carbons (Fsp3) is 0.0909. The van der Waals surface area contributed by atoms with Crippen LogP contribution in [-0.4, -0.2) is 35.1 Å². The summed E-state index contributed by atoms with van der Waals surface area (Å²) >= 11 is 4.77. The number of nitrogens with two attached hydrogens (primary N) is 1. The summed E-state index contributed by atoms with van der Waals surface area (Å²) in [6.45, 7) is 0. The fourth-order valence-electron chi connectivity index (χ4n) is 1.68. The SMILES string of the molecule is Cn1cc(-c2cnc3ccc(NC(N)=S)nc3n2)nn1. The zero-order chi connectivity index (χ0) is 14.1. The molecule has 3 heterocycles. The Hall–Kier alpha value is -2.68. The molecule has 0 aliphatic rings. The van der Waals surface area contributed by atoms with Gasteiger partial charge in [0.25, 0.3) is 0 Å². The number of nitrogens with zero attached hydrogens (tertiary/aromatic N) is 6. The van der Waals surface area contributed by atoms with Gasteiger partial charge in [0, 0.05) is 7.05 Å². The molecule has 0 atom stereocenters. The van der Waals surface area contributed by atoms with Gasteiger partial charge in [0.15, 0.2) is 10.8 Å². The zero-order valence-electron chi connectivity index (χ0n) is 10.5. The van der Waals surface area contributed by atoms with Crippen molar-refractivity contribution in [3.63, 3.8) is 0 Å². The summed E-state index contributed by atoms with van der Waals surface area (Å²) in [4.78, 5) is 13.0. The predicted molar refractivity (Wildman–Crippen MR) is 77.7 cm³/mol. The molecule has 3 N–H and O–H groups in total. The van der Waals surface area contributed by atoms with E-state index in [0.717, 1.165) is 0 Å². The van der Waals surface area contributed by atoms with E-state index in [4.69, 9.17) is 18.0 Å². The van der Waals surface area contributed by atoms with Gasteiger partial charge in [-0.25, -0.2) is 9.97 Å².